The first-order valence-corrected chi connectivity index (χ1v) is 21.3. The van der Waals surface area contributed by atoms with Crippen LogP contribution in [-0.4, -0.2) is 96.6 Å². The Morgan fingerprint density at radius 1 is 0.947 bits per heavy atom. The molecule has 1 atom stereocenters. The number of carbonyl (C=O) groups excluding carboxylic acids is 5. The van der Waals surface area contributed by atoms with Crippen LogP contribution in [0.4, 0.5) is 34.5 Å². The van der Waals surface area contributed by atoms with Crippen molar-refractivity contribution in [2.75, 3.05) is 60.9 Å². The summed E-state index contributed by atoms with van der Waals surface area (Å²) in [6.45, 7) is 4.62. The molecule has 5 amide bonds. The zero-order chi connectivity index (χ0) is 40.4. The summed E-state index contributed by atoms with van der Waals surface area (Å²) < 4.78 is 18.6. The van der Waals surface area contributed by atoms with Gasteiger partial charge < -0.3 is 35.5 Å². The van der Waals surface area contributed by atoms with Gasteiger partial charge in [0, 0.05) is 48.3 Å². The molecule has 296 valence electrons. The van der Waals surface area contributed by atoms with Gasteiger partial charge in [0.2, 0.25) is 23.7 Å². The third-order valence-electron chi connectivity index (χ3n) is 10.0. The van der Waals surface area contributed by atoms with Gasteiger partial charge in [0.15, 0.2) is 5.82 Å². The minimum atomic E-state index is -2.58. The number of para-hydroxylation sites is 1. The van der Waals surface area contributed by atoms with Crippen molar-refractivity contribution < 1.29 is 33.3 Å². The third kappa shape index (κ3) is 8.42. The highest BCUT2D eigenvalue weighted by Crippen LogP contribution is 2.39. The lowest BCUT2D eigenvalue weighted by molar-refractivity contribution is -0.136. The number of carbonyl (C=O) groups is 5. The van der Waals surface area contributed by atoms with Gasteiger partial charge in [-0.3, -0.25) is 34.2 Å². The fourth-order valence-electron chi connectivity index (χ4n) is 7.19. The Bertz CT molecular complexity index is 2330. The quantitative estimate of drug-likeness (QED) is 0.0991. The van der Waals surface area contributed by atoms with Crippen molar-refractivity contribution in [1.82, 2.24) is 25.5 Å². The van der Waals surface area contributed by atoms with E-state index in [9.17, 15) is 28.5 Å². The highest BCUT2D eigenvalue weighted by atomic mass is 35.5. The van der Waals surface area contributed by atoms with Crippen molar-refractivity contribution in [2.24, 2.45) is 0 Å². The lowest BCUT2D eigenvalue weighted by Crippen LogP contribution is -2.54. The Morgan fingerprint density at radius 3 is 2.44 bits per heavy atom. The summed E-state index contributed by atoms with van der Waals surface area (Å²) in [5.41, 5.74) is 2.75. The van der Waals surface area contributed by atoms with Crippen molar-refractivity contribution in [1.29, 1.82) is 0 Å². The maximum atomic E-state index is 13.4. The molecule has 3 aliphatic heterocycles. The molecule has 7 rings (SSSR count). The SMILES string of the molecule is COc1cc(N2CCC(NC(=O)CNc3cccc4c3C(=O)N(C3CCC(=O)NC3=O)C4=O)CC2)ccc1Nc1ncc(Cl)c(Nc2ccccc2P(C)(C)=O)n1. The van der Waals surface area contributed by atoms with Crippen LogP contribution in [0.15, 0.2) is 66.9 Å². The number of amides is 5. The summed E-state index contributed by atoms with van der Waals surface area (Å²) in [5.74, 6) is -1.48. The second-order valence-corrected chi connectivity index (χ2v) is 17.8. The Labute approximate surface area is 333 Å². The fourth-order valence-corrected chi connectivity index (χ4v) is 8.48. The van der Waals surface area contributed by atoms with E-state index in [0.717, 1.165) is 10.6 Å². The topological polar surface area (TPSA) is 204 Å². The molecule has 16 nitrogen and oxygen atoms in total. The molecular weight excluding hydrogens is 773 g/mol. The lowest BCUT2D eigenvalue weighted by atomic mass is 10.0. The first-order chi connectivity index (χ1) is 27.3. The van der Waals surface area contributed by atoms with Crippen molar-refractivity contribution in [3.63, 3.8) is 0 Å². The molecule has 3 aliphatic rings. The van der Waals surface area contributed by atoms with Gasteiger partial charge in [0.25, 0.3) is 11.8 Å². The number of ether oxygens (including phenoxy) is 1. The maximum absolute atomic E-state index is 13.4. The van der Waals surface area contributed by atoms with Crippen LogP contribution in [0.1, 0.15) is 46.4 Å². The van der Waals surface area contributed by atoms with Crippen LogP contribution in [0.3, 0.4) is 0 Å². The number of nitrogens with zero attached hydrogens (tertiary/aromatic N) is 4. The minimum Gasteiger partial charge on any atom is -0.494 e. The van der Waals surface area contributed by atoms with Gasteiger partial charge in [-0.2, -0.15) is 4.98 Å². The van der Waals surface area contributed by atoms with Gasteiger partial charge in [-0.25, -0.2) is 4.98 Å². The lowest BCUT2D eigenvalue weighted by Gasteiger charge is -2.34. The Kier molecular flexibility index (Phi) is 11.2. The Balaban J connectivity index is 0.931. The molecule has 57 heavy (non-hydrogen) atoms. The van der Waals surface area contributed by atoms with Crippen molar-refractivity contribution in [3.8, 4) is 5.75 Å². The predicted molar refractivity (Wildman–Crippen MR) is 217 cm³/mol. The second-order valence-electron chi connectivity index (χ2n) is 14.3. The number of nitrogens with one attached hydrogen (secondary N) is 5. The number of benzene rings is 3. The molecule has 0 radical (unpaired) electrons. The molecule has 1 unspecified atom stereocenters. The number of rotatable bonds is 12. The maximum Gasteiger partial charge on any atom is 0.264 e. The summed E-state index contributed by atoms with van der Waals surface area (Å²) in [7, 11) is -1.00. The van der Waals surface area contributed by atoms with Crippen LogP contribution in [0.25, 0.3) is 0 Å². The summed E-state index contributed by atoms with van der Waals surface area (Å²) in [6, 6.07) is 16.6. The number of piperidine rings is 2. The molecule has 2 saturated heterocycles. The molecule has 0 bridgehead atoms. The van der Waals surface area contributed by atoms with E-state index in [2.05, 4.69) is 41.5 Å². The summed E-state index contributed by atoms with van der Waals surface area (Å²) in [4.78, 5) is 75.6. The van der Waals surface area contributed by atoms with E-state index in [0.29, 0.717) is 64.9 Å². The van der Waals surface area contributed by atoms with Crippen molar-refractivity contribution >= 4 is 88.1 Å². The molecule has 0 spiro atoms. The molecule has 18 heteroatoms. The standard InChI is InChI=1S/C39H41ClN9O7P/c1-56-30-19-23(11-12-26(30)45-39-42-20-25(40)35(47-39)44-27-8-4-5-10-31(27)57(2,3)55)48-17-15-22(16-18-48)43-33(51)21-41-28-9-6-7-24-34(28)38(54)49(37(24)53)29-13-14-32(50)46-36(29)52/h4-12,19-20,22,29,41H,13-18,21H2,1-3H3,(H,43,51)(H,46,50,52)(H2,42,44,45,47). The van der Waals surface area contributed by atoms with Crippen LogP contribution in [0.2, 0.25) is 5.02 Å². The number of anilines is 6. The van der Waals surface area contributed by atoms with Crippen LogP contribution in [-0.2, 0) is 18.9 Å². The minimum absolute atomic E-state index is 0.0229. The number of methoxy groups -OCH3 is 1. The van der Waals surface area contributed by atoms with Crippen molar-refractivity contribution in [2.45, 2.75) is 37.8 Å². The number of fused-ring (bicyclic) bond motifs is 1. The number of halogens is 1. The molecule has 2 fully saturated rings. The summed E-state index contributed by atoms with van der Waals surface area (Å²) >= 11 is 6.44. The molecule has 4 aromatic rings. The van der Waals surface area contributed by atoms with Gasteiger partial charge >= 0.3 is 0 Å². The smallest absolute Gasteiger partial charge is 0.264 e. The van der Waals surface area contributed by atoms with Gasteiger partial charge in [0.1, 0.15) is 24.0 Å². The third-order valence-corrected chi connectivity index (χ3v) is 11.9. The number of imide groups is 2. The van der Waals surface area contributed by atoms with E-state index in [1.807, 2.05) is 42.5 Å². The molecule has 0 aliphatic carbocycles. The monoisotopic (exact) mass is 813 g/mol. The van der Waals surface area contributed by atoms with Crippen LogP contribution in [0.5, 0.6) is 5.75 Å². The highest BCUT2D eigenvalue weighted by molar-refractivity contribution is 7.70. The van der Waals surface area contributed by atoms with Crippen molar-refractivity contribution in [3.05, 3.63) is 83.0 Å². The van der Waals surface area contributed by atoms with Gasteiger partial charge in [-0.1, -0.05) is 29.8 Å². The average Bonchev–Trinajstić information content (AvgIpc) is 3.44. The first-order valence-electron chi connectivity index (χ1n) is 18.3. The highest BCUT2D eigenvalue weighted by Gasteiger charge is 2.45. The molecule has 1 aromatic heterocycles. The van der Waals surface area contributed by atoms with Crippen LogP contribution < -0.4 is 41.5 Å². The zero-order valence-electron chi connectivity index (χ0n) is 31.4. The second kappa shape index (κ2) is 16.2. The van der Waals surface area contributed by atoms with Crippen LogP contribution >= 0.6 is 18.7 Å². The Hall–Kier alpha value is -5.99. The predicted octanol–water partition coefficient (Wildman–Crippen LogP) is 4.47. The normalized spacial score (nSPS) is 17.2. The largest absolute Gasteiger partial charge is 0.494 e. The van der Waals surface area contributed by atoms with E-state index < -0.39 is 36.8 Å². The average molecular weight is 814 g/mol. The first kappa shape index (κ1) is 39.3. The Morgan fingerprint density at radius 2 is 1.70 bits per heavy atom. The molecular formula is C39H41ClN9O7P. The van der Waals surface area contributed by atoms with Gasteiger partial charge in [0.05, 0.1) is 42.4 Å². The number of hydrogen-bond acceptors (Lipinski definition) is 13. The molecule has 4 heterocycles. The summed E-state index contributed by atoms with van der Waals surface area (Å²) in [6.07, 6.45) is 2.93. The molecule has 5 N–H and O–H groups in total. The van der Waals surface area contributed by atoms with Crippen LogP contribution in [0, 0.1) is 0 Å². The number of aromatic nitrogens is 2. The van der Waals surface area contributed by atoms with E-state index in [-0.39, 0.29) is 48.4 Å². The van der Waals surface area contributed by atoms with E-state index >= 15 is 0 Å². The molecule has 0 saturated carbocycles. The molecule has 3 aromatic carbocycles. The van der Waals surface area contributed by atoms with E-state index in [1.54, 1.807) is 32.6 Å². The van der Waals surface area contributed by atoms with E-state index in [4.69, 9.17) is 16.3 Å². The fraction of sp³-hybridized carbons (Fsp3) is 0.308. The zero-order valence-corrected chi connectivity index (χ0v) is 33.1. The van der Waals surface area contributed by atoms with Gasteiger partial charge in [-0.15, -0.1) is 0 Å². The summed E-state index contributed by atoms with van der Waals surface area (Å²) in [5, 5.41) is 15.6. The number of hydrogen-bond donors (Lipinski definition) is 5. The van der Waals surface area contributed by atoms with E-state index in [1.165, 1.54) is 12.3 Å². The van der Waals surface area contributed by atoms with Gasteiger partial charge in [-0.05, 0) is 69.0 Å².